The molecule has 0 aromatic heterocycles. The Morgan fingerprint density at radius 3 is 1.71 bits per heavy atom. The second kappa shape index (κ2) is 7.87. The fourth-order valence-corrected chi connectivity index (χ4v) is 2.04. The van der Waals surface area contributed by atoms with Crippen LogP contribution in [-0.4, -0.2) is 31.3 Å². The van der Waals surface area contributed by atoms with Gasteiger partial charge in [0.2, 0.25) is 5.91 Å². The number of amides is 1. The summed E-state index contributed by atoms with van der Waals surface area (Å²) in [6, 6.07) is 0. The SMILES string of the molecule is CC(=O)NC(COP)(COP)COP. The number of rotatable bonds is 7. The largest absolute Gasteiger partial charge is 0.363 e. The van der Waals surface area contributed by atoms with E-state index in [9.17, 15) is 4.79 Å². The van der Waals surface area contributed by atoms with Crippen LogP contribution in [0.3, 0.4) is 0 Å². The van der Waals surface area contributed by atoms with Gasteiger partial charge in [-0.25, -0.2) is 0 Å². The summed E-state index contributed by atoms with van der Waals surface area (Å²) in [5, 5.41) is 2.74. The van der Waals surface area contributed by atoms with Gasteiger partial charge in [0.25, 0.3) is 0 Å². The van der Waals surface area contributed by atoms with E-state index in [4.69, 9.17) is 13.6 Å². The van der Waals surface area contributed by atoms with E-state index in [1.54, 1.807) is 0 Å². The first-order valence-electron chi connectivity index (χ1n) is 3.84. The smallest absolute Gasteiger partial charge is 0.217 e. The summed E-state index contributed by atoms with van der Waals surface area (Å²) in [6.07, 6.45) is 0. The minimum absolute atomic E-state index is 0.156. The van der Waals surface area contributed by atoms with Crippen molar-refractivity contribution in [1.82, 2.24) is 5.32 Å². The molecule has 0 saturated heterocycles. The minimum Gasteiger partial charge on any atom is -0.363 e. The normalized spacial score (nSPS) is 11.4. The molecule has 1 amide bonds. The number of nitrogens with one attached hydrogen (secondary N) is 1. The zero-order valence-electron chi connectivity index (χ0n) is 7.99. The van der Waals surface area contributed by atoms with Gasteiger partial charge in [-0.3, -0.25) is 4.79 Å². The zero-order valence-corrected chi connectivity index (χ0v) is 11.5. The van der Waals surface area contributed by atoms with Crippen molar-refractivity contribution in [1.29, 1.82) is 0 Å². The molecule has 0 radical (unpaired) electrons. The van der Waals surface area contributed by atoms with Crippen molar-refractivity contribution in [2.24, 2.45) is 0 Å². The predicted octanol–water partition coefficient (Wildman–Crippen LogP) is 0.281. The van der Waals surface area contributed by atoms with Gasteiger partial charge in [-0.2, -0.15) is 0 Å². The minimum atomic E-state index is -0.656. The lowest BCUT2D eigenvalue weighted by Gasteiger charge is -2.31. The van der Waals surface area contributed by atoms with Crippen molar-refractivity contribution in [3.63, 3.8) is 0 Å². The van der Waals surface area contributed by atoms with Crippen LogP contribution < -0.4 is 5.32 Å². The summed E-state index contributed by atoms with van der Waals surface area (Å²) in [4.78, 5) is 11.0. The summed E-state index contributed by atoms with van der Waals surface area (Å²) in [5.74, 6) is -0.156. The molecular weight excluding hydrogens is 243 g/mol. The molecule has 5 nitrogen and oxygen atoms in total. The van der Waals surface area contributed by atoms with Crippen LogP contribution in [0.4, 0.5) is 0 Å². The van der Waals surface area contributed by atoms with Gasteiger partial charge in [0, 0.05) is 35.3 Å². The maximum Gasteiger partial charge on any atom is 0.217 e. The van der Waals surface area contributed by atoms with Crippen molar-refractivity contribution < 1.29 is 18.4 Å². The van der Waals surface area contributed by atoms with Crippen molar-refractivity contribution in [2.75, 3.05) is 19.8 Å². The van der Waals surface area contributed by atoms with Crippen molar-refractivity contribution in [2.45, 2.75) is 12.5 Å². The average molecular weight is 259 g/mol. The summed E-state index contributed by atoms with van der Waals surface area (Å²) >= 11 is 0. The fourth-order valence-electron chi connectivity index (χ4n) is 1.09. The summed E-state index contributed by atoms with van der Waals surface area (Å²) < 4.78 is 14.8. The highest BCUT2D eigenvalue weighted by Gasteiger charge is 2.31. The van der Waals surface area contributed by atoms with Gasteiger partial charge in [-0.15, -0.1) is 0 Å². The van der Waals surface area contributed by atoms with Crippen LogP contribution in [-0.2, 0) is 18.4 Å². The first kappa shape index (κ1) is 14.6. The van der Waals surface area contributed by atoms with Crippen LogP contribution >= 0.6 is 28.4 Å². The Morgan fingerprint density at radius 1 is 1.14 bits per heavy atom. The maximum atomic E-state index is 11.0. The topological polar surface area (TPSA) is 56.8 Å². The molecule has 0 rings (SSSR count). The van der Waals surface area contributed by atoms with E-state index in [1.807, 2.05) is 0 Å². The first-order chi connectivity index (χ1) is 6.60. The molecule has 0 aliphatic heterocycles. The van der Waals surface area contributed by atoms with Crippen LogP contribution in [0.5, 0.6) is 0 Å². The predicted molar refractivity (Wildman–Crippen MR) is 63.5 cm³/mol. The summed E-state index contributed by atoms with van der Waals surface area (Å²) in [7, 11) is 6.38. The molecule has 0 saturated carbocycles. The molecule has 14 heavy (non-hydrogen) atoms. The molecule has 0 heterocycles. The molecule has 8 heteroatoms. The van der Waals surface area contributed by atoms with Gasteiger partial charge in [-0.05, 0) is 0 Å². The number of hydrogen-bond acceptors (Lipinski definition) is 4. The van der Waals surface area contributed by atoms with Gasteiger partial charge < -0.3 is 18.9 Å². The van der Waals surface area contributed by atoms with E-state index in [0.29, 0.717) is 19.8 Å². The highest BCUT2D eigenvalue weighted by Crippen LogP contribution is 2.13. The molecule has 0 spiro atoms. The Bertz CT molecular complexity index is 163. The van der Waals surface area contributed by atoms with E-state index in [-0.39, 0.29) is 5.91 Å². The monoisotopic (exact) mass is 259 g/mol. The van der Waals surface area contributed by atoms with Gasteiger partial charge >= 0.3 is 0 Å². The summed E-state index contributed by atoms with van der Waals surface area (Å²) in [6.45, 7) is 2.31. The lowest BCUT2D eigenvalue weighted by Crippen LogP contribution is -2.56. The Labute approximate surface area is 90.9 Å². The molecule has 84 valence electrons. The van der Waals surface area contributed by atoms with Crippen LogP contribution in [0, 0.1) is 0 Å². The van der Waals surface area contributed by atoms with Gasteiger partial charge in [0.05, 0.1) is 19.8 Å². The van der Waals surface area contributed by atoms with Crippen molar-refractivity contribution >= 4 is 34.3 Å². The first-order valence-corrected chi connectivity index (χ1v) is 5.25. The highest BCUT2D eigenvalue weighted by atomic mass is 31.0. The van der Waals surface area contributed by atoms with Crippen LogP contribution in [0.1, 0.15) is 6.92 Å². The standard InChI is InChI=1S/C6H16NO4P3/c1-5(8)7-6(2-9-12,3-10-13)4-11-14/h2-4,12-14H2,1H3,(H,7,8). The molecule has 0 fully saturated rings. The zero-order chi connectivity index (χ0) is 11.0. The van der Waals surface area contributed by atoms with E-state index < -0.39 is 5.54 Å². The Balaban J connectivity index is 4.45. The quantitative estimate of drug-likeness (QED) is 0.667. The molecule has 0 aliphatic rings. The Kier molecular flexibility index (Phi) is 8.23. The molecule has 3 unspecified atom stereocenters. The third kappa shape index (κ3) is 5.50. The molecule has 1 N–H and O–H groups in total. The Morgan fingerprint density at radius 2 is 1.50 bits per heavy atom. The number of carbonyl (C=O) groups excluding carboxylic acids is 1. The third-order valence-corrected chi connectivity index (χ3v) is 2.02. The molecular formula is C6H16NO4P3. The van der Waals surface area contributed by atoms with E-state index in [2.05, 4.69) is 33.7 Å². The number of carbonyl (C=O) groups is 1. The van der Waals surface area contributed by atoms with E-state index >= 15 is 0 Å². The lowest BCUT2D eigenvalue weighted by molar-refractivity contribution is -0.122. The third-order valence-electron chi connectivity index (χ3n) is 1.52. The molecule has 0 aromatic carbocycles. The Hall–Kier alpha value is 0.640. The van der Waals surface area contributed by atoms with Gasteiger partial charge in [0.1, 0.15) is 5.54 Å². The number of hydrogen-bond donors (Lipinski definition) is 1. The van der Waals surface area contributed by atoms with Crippen LogP contribution in [0.2, 0.25) is 0 Å². The molecule has 0 aliphatic carbocycles. The van der Waals surface area contributed by atoms with Crippen LogP contribution in [0.25, 0.3) is 0 Å². The second-order valence-electron chi connectivity index (χ2n) is 2.89. The van der Waals surface area contributed by atoms with Crippen molar-refractivity contribution in [3.8, 4) is 0 Å². The maximum absolute atomic E-state index is 11.0. The summed E-state index contributed by atoms with van der Waals surface area (Å²) in [5.41, 5.74) is -0.656. The molecule has 3 atom stereocenters. The van der Waals surface area contributed by atoms with E-state index in [0.717, 1.165) is 0 Å². The van der Waals surface area contributed by atoms with Gasteiger partial charge in [-0.1, -0.05) is 0 Å². The van der Waals surface area contributed by atoms with Crippen LogP contribution in [0.15, 0.2) is 0 Å². The van der Waals surface area contributed by atoms with Gasteiger partial charge in [0.15, 0.2) is 0 Å². The molecule has 0 bridgehead atoms. The second-order valence-corrected chi connectivity index (χ2v) is 3.89. The molecule has 0 aromatic rings. The fraction of sp³-hybridized carbons (Fsp3) is 0.833. The highest BCUT2D eigenvalue weighted by molar-refractivity contribution is 7.10. The van der Waals surface area contributed by atoms with E-state index in [1.165, 1.54) is 6.92 Å². The lowest BCUT2D eigenvalue weighted by atomic mass is 10.0. The van der Waals surface area contributed by atoms with Crippen molar-refractivity contribution in [3.05, 3.63) is 0 Å². The average Bonchev–Trinajstić information content (AvgIpc) is 2.03.